The molecule has 1 aliphatic rings. The van der Waals surface area contributed by atoms with Gasteiger partial charge in [-0.25, -0.2) is 0 Å². The summed E-state index contributed by atoms with van der Waals surface area (Å²) < 4.78 is 0. The summed E-state index contributed by atoms with van der Waals surface area (Å²) in [4.78, 5) is 2.36. The lowest BCUT2D eigenvalue weighted by Gasteiger charge is -2.21. The second-order valence-corrected chi connectivity index (χ2v) is 4.40. The molecule has 1 fully saturated rings. The molecule has 1 heterocycles. The van der Waals surface area contributed by atoms with Crippen LogP contribution in [0.3, 0.4) is 0 Å². The van der Waals surface area contributed by atoms with Crippen molar-refractivity contribution in [3.8, 4) is 5.75 Å². The van der Waals surface area contributed by atoms with E-state index in [2.05, 4.69) is 15.5 Å². The number of hydrogen-bond donors (Lipinski definition) is 3. The molecular weight excluding hydrogens is 214 g/mol. The minimum absolute atomic E-state index is 0.397. The first kappa shape index (κ1) is 12.4. The van der Waals surface area contributed by atoms with E-state index in [1.165, 1.54) is 0 Å². The Bertz CT molecular complexity index is 333. The van der Waals surface area contributed by atoms with Crippen molar-refractivity contribution >= 4 is 0 Å². The van der Waals surface area contributed by atoms with Crippen LogP contribution in [0, 0.1) is 0 Å². The van der Waals surface area contributed by atoms with E-state index < -0.39 is 0 Å². The van der Waals surface area contributed by atoms with Gasteiger partial charge in [0.1, 0.15) is 5.75 Å². The van der Waals surface area contributed by atoms with Crippen LogP contribution < -0.4 is 10.6 Å². The zero-order chi connectivity index (χ0) is 11.9. The number of rotatable bonds is 2. The molecule has 1 aromatic rings. The molecule has 0 atom stereocenters. The molecule has 0 bridgehead atoms. The van der Waals surface area contributed by atoms with Gasteiger partial charge in [-0.3, -0.25) is 4.90 Å². The average Bonchev–Trinajstić information content (AvgIpc) is 2.46. The monoisotopic (exact) mass is 235 g/mol. The van der Waals surface area contributed by atoms with Crippen LogP contribution in [0.4, 0.5) is 0 Å². The molecule has 1 aromatic carbocycles. The molecule has 0 saturated carbocycles. The third-order valence-electron chi connectivity index (χ3n) is 3.07. The Labute approximate surface area is 103 Å². The zero-order valence-corrected chi connectivity index (χ0v) is 10.2. The van der Waals surface area contributed by atoms with Crippen LogP contribution in [0.2, 0.25) is 0 Å². The van der Waals surface area contributed by atoms with Gasteiger partial charge in [0.05, 0.1) is 0 Å². The molecule has 0 unspecified atom stereocenters. The maximum absolute atomic E-state index is 9.76. The van der Waals surface area contributed by atoms with E-state index in [-0.39, 0.29) is 0 Å². The summed E-state index contributed by atoms with van der Waals surface area (Å²) in [5, 5.41) is 16.5. The smallest absolute Gasteiger partial charge is 0.120 e. The second-order valence-electron chi connectivity index (χ2n) is 4.40. The maximum atomic E-state index is 9.76. The highest BCUT2D eigenvalue weighted by molar-refractivity contribution is 5.31. The van der Waals surface area contributed by atoms with Crippen molar-refractivity contribution in [2.24, 2.45) is 0 Å². The van der Waals surface area contributed by atoms with E-state index >= 15 is 0 Å². The molecule has 3 N–H and O–H groups in total. The summed E-state index contributed by atoms with van der Waals surface area (Å²) >= 11 is 0. The maximum Gasteiger partial charge on any atom is 0.120 e. The van der Waals surface area contributed by atoms with Crippen molar-refractivity contribution in [2.45, 2.75) is 6.54 Å². The van der Waals surface area contributed by atoms with Crippen molar-refractivity contribution in [2.75, 3.05) is 39.3 Å². The topological polar surface area (TPSA) is 47.5 Å². The summed E-state index contributed by atoms with van der Waals surface area (Å²) in [5.41, 5.74) is 1.01. The Morgan fingerprint density at radius 1 is 1.00 bits per heavy atom. The quantitative estimate of drug-likeness (QED) is 0.694. The van der Waals surface area contributed by atoms with Gasteiger partial charge < -0.3 is 15.7 Å². The third-order valence-corrected chi connectivity index (χ3v) is 3.07. The fraction of sp³-hybridized carbons (Fsp3) is 0.538. The van der Waals surface area contributed by atoms with Crippen molar-refractivity contribution in [1.29, 1.82) is 0 Å². The first-order chi connectivity index (χ1) is 8.36. The number of phenolic OH excluding ortho intramolecular Hbond substituents is 1. The average molecular weight is 235 g/mol. The molecule has 1 saturated heterocycles. The Morgan fingerprint density at radius 2 is 1.65 bits per heavy atom. The van der Waals surface area contributed by atoms with E-state index in [0.29, 0.717) is 5.75 Å². The van der Waals surface area contributed by atoms with Crippen molar-refractivity contribution < 1.29 is 5.11 Å². The third kappa shape index (κ3) is 4.00. The van der Waals surface area contributed by atoms with Crippen molar-refractivity contribution in [1.82, 2.24) is 15.5 Å². The number of para-hydroxylation sites is 1. The standard InChI is InChI=1S/C13H21N3O/c17-13-4-2-1-3-12(13)11-16-9-7-14-5-6-15-8-10-16/h1-4,14-15,17H,5-11H2. The van der Waals surface area contributed by atoms with Crippen LogP contribution in [0.1, 0.15) is 5.56 Å². The first-order valence-corrected chi connectivity index (χ1v) is 6.27. The highest BCUT2D eigenvalue weighted by Gasteiger charge is 2.09. The predicted octanol–water partition coefficient (Wildman–Crippen LogP) is 0.387. The van der Waals surface area contributed by atoms with Gasteiger partial charge >= 0.3 is 0 Å². The Morgan fingerprint density at radius 3 is 2.29 bits per heavy atom. The van der Waals surface area contributed by atoms with Crippen LogP contribution in [0.5, 0.6) is 5.75 Å². The number of hydrogen-bond acceptors (Lipinski definition) is 4. The summed E-state index contributed by atoms with van der Waals surface area (Å²) in [6.45, 7) is 6.95. The molecule has 4 nitrogen and oxygen atoms in total. The fourth-order valence-corrected chi connectivity index (χ4v) is 2.06. The molecule has 4 heteroatoms. The van der Waals surface area contributed by atoms with E-state index in [1.807, 2.05) is 18.2 Å². The van der Waals surface area contributed by atoms with Crippen LogP contribution in [0.25, 0.3) is 0 Å². The van der Waals surface area contributed by atoms with Gasteiger partial charge in [0.25, 0.3) is 0 Å². The first-order valence-electron chi connectivity index (χ1n) is 6.27. The minimum Gasteiger partial charge on any atom is -0.508 e. The minimum atomic E-state index is 0.397. The Hall–Kier alpha value is -1.10. The van der Waals surface area contributed by atoms with Crippen LogP contribution in [0.15, 0.2) is 24.3 Å². The number of phenols is 1. The molecule has 0 amide bonds. The highest BCUT2D eigenvalue weighted by atomic mass is 16.3. The predicted molar refractivity (Wildman–Crippen MR) is 69.1 cm³/mol. The van der Waals surface area contributed by atoms with Crippen LogP contribution >= 0.6 is 0 Å². The molecule has 2 rings (SSSR count). The molecule has 0 spiro atoms. The molecule has 0 aromatic heterocycles. The van der Waals surface area contributed by atoms with Crippen molar-refractivity contribution in [3.05, 3.63) is 29.8 Å². The lowest BCUT2D eigenvalue weighted by atomic mass is 10.2. The molecule has 0 radical (unpaired) electrons. The van der Waals surface area contributed by atoms with Gasteiger partial charge in [-0.15, -0.1) is 0 Å². The van der Waals surface area contributed by atoms with Gasteiger partial charge in [0, 0.05) is 51.4 Å². The molecule has 17 heavy (non-hydrogen) atoms. The Balaban J connectivity index is 1.93. The number of nitrogens with zero attached hydrogens (tertiary/aromatic N) is 1. The van der Waals surface area contributed by atoms with E-state index in [9.17, 15) is 5.11 Å². The number of benzene rings is 1. The molecular formula is C13H21N3O. The van der Waals surface area contributed by atoms with E-state index in [1.54, 1.807) is 6.07 Å². The summed E-state index contributed by atoms with van der Waals surface area (Å²) in [7, 11) is 0. The second kappa shape index (κ2) is 6.59. The summed E-state index contributed by atoms with van der Waals surface area (Å²) in [5.74, 6) is 0.397. The zero-order valence-electron chi connectivity index (χ0n) is 10.2. The van der Waals surface area contributed by atoms with Gasteiger partial charge in [0.2, 0.25) is 0 Å². The fourth-order valence-electron chi connectivity index (χ4n) is 2.06. The van der Waals surface area contributed by atoms with Gasteiger partial charge in [0.15, 0.2) is 0 Å². The largest absolute Gasteiger partial charge is 0.508 e. The van der Waals surface area contributed by atoms with Crippen LogP contribution in [-0.4, -0.2) is 49.3 Å². The van der Waals surface area contributed by atoms with Gasteiger partial charge in [-0.05, 0) is 6.07 Å². The molecule has 0 aliphatic carbocycles. The molecule has 94 valence electrons. The number of nitrogens with one attached hydrogen (secondary N) is 2. The lowest BCUT2D eigenvalue weighted by Crippen LogP contribution is -2.33. The number of aromatic hydroxyl groups is 1. The normalized spacial score (nSPS) is 19.3. The lowest BCUT2D eigenvalue weighted by molar-refractivity contribution is 0.269. The Kier molecular flexibility index (Phi) is 4.79. The summed E-state index contributed by atoms with van der Waals surface area (Å²) in [6.07, 6.45) is 0. The highest BCUT2D eigenvalue weighted by Crippen LogP contribution is 2.17. The van der Waals surface area contributed by atoms with Crippen molar-refractivity contribution in [3.63, 3.8) is 0 Å². The SMILES string of the molecule is Oc1ccccc1CN1CCNCCNCC1. The van der Waals surface area contributed by atoms with E-state index in [4.69, 9.17) is 0 Å². The molecule has 1 aliphatic heterocycles. The van der Waals surface area contributed by atoms with E-state index in [0.717, 1.165) is 51.4 Å². The van der Waals surface area contributed by atoms with Gasteiger partial charge in [-0.1, -0.05) is 18.2 Å². The van der Waals surface area contributed by atoms with Crippen LogP contribution in [-0.2, 0) is 6.54 Å². The summed E-state index contributed by atoms with van der Waals surface area (Å²) in [6, 6.07) is 7.58. The van der Waals surface area contributed by atoms with Gasteiger partial charge in [-0.2, -0.15) is 0 Å².